The first-order valence-electron chi connectivity index (χ1n) is 8.37. The van der Waals surface area contributed by atoms with Crippen molar-refractivity contribution < 1.29 is 9.15 Å². The van der Waals surface area contributed by atoms with Crippen molar-refractivity contribution >= 4 is 12.1 Å². The Balaban J connectivity index is 1.68. The number of rotatable bonds is 5. The van der Waals surface area contributed by atoms with E-state index in [0.29, 0.717) is 35.1 Å². The summed E-state index contributed by atoms with van der Waals surface area (Å²) >= 11 is 0. The Morgan fingerprint density at radius 2 is 1.78 bits per heavy atom. The standard InChI is InChI=1S/C22H17N3O2/c1-15-16(2)27-22(21(15)12-24)25-13-17-7-9-20(10-8-17)26-14-19-6-4-3-5-18(19)11-23/h3-10,13H,14H2,1-2H3/b25-13+. The van der Waals surface area contributed by atoms with Crippen molar-refractivity contribution in [2.75, 3.05) is 0 Å². The van der Waals surface area contributed by atoms with Crippen LogP contribution in [0.25, 0.3) is 0 Å². The van der Waals surface area contributed by atoms with Crippen LogP contribution in [0.1, 0.15) is 33.6 Å². The fraction of sp³-hybridized carbons (Fsp3) is 0.136. The van der Waals surface area contributed by atoms with E-state index in [1.807, 2.05) is 56.3 Å². The third-order valence-electron chi connectivity index (χ3n) is 4.22. The molecule has 5 nitrogen and oxygen atoms in total. The third kappa shape index (κ3) is 4.05. The number of hydrogen-bond donors (Lipinski definition) is 0. The molecule has 0 aliphatic rings. The van der Waals surface area contributed by atoms with E-state index in [1.165, 1.54) is 0 Å². The topological polar surface area (TPSA) is 82.3 Å². The Morgan fingerprint density at radius 1 is 1.04 bits per heavy atom. The van der Waals surface area contributed by atoms with Crippen molar-refractivity contribution in [1.29, 1.82) is 10.5 Å². The molecule has 0 radical (unpaired) electrons. The summed E-state index contributed by atoms with van der Waals surface area (Å²) < 4.78 is 11.3. The zero-order valence-corrected chi connectivity index (χ0v) is 15.1. The number of nitriles is 2. The van der Waals surface area contributed by atoms with E-state index >= 15 is 0 Å². The van der Waals surface area contributed by atoms with Crippen LogP contribution >= 0.6 is 0 Å². The van der Waals surface area contributed by atoms with Crippen LogP contribution in [0.5, 0.6) is 5.75 Å². The minimum atomic E-state index is 0.320. The molecule has 3 aromatic rings. The Labute approximate surface area is 157 Å². The molecule has 0 amide bonds. The molecule has 3 rings (SSSR count). The first-order valence-corrected chi connectivity index (χ1v) is 8.37. The summed E-state index contributed by atoms with van der Waals surface area (Å²) in [6.07, 6.45) is 1.65. The van der Waals surface area contributed by atoms with Crippen molar-refractivity contribution in [3.05, 3.63) is 82.1 Å². The number of ether oxygens (including phenoxy) is 1. The fourth-order valence-corrected chi connectivity index (χ4v) is 2.53. The van der Waals surface area contributed by atoms with Gasteiger partial charge in [-0.25, -0.2) is 4.99 Å². The maximum Gasteiger partial charge on any atom is 0.237 e. The average molecular weight is 355 g/mol. The molecule has 1 heterocycles. The smallest absolute Gasteiger partial charge is 0.237 e. The summed E-state index contributed by atoms with van der Waals surface area (Å²) in [7, 11) is 0. The van der Waals surface area contributed by atoms with Crippen LogP contribution in [0, 0.1) is 36.5 Å². The van der Waals surface area contributed by atoms with E-state index in [9.17, 15) is 5.26 Å². The average Bonchev–Trinajstić information content (AvgIpc) is 2.98. The molecule has 0 aliphatic heterocycles. The van der Waals surface area contributed by atoms with Crippen LogP contribution in [-0.4, -0.2) is 6.21 Å². The van der Waals surface area contributed by atoms with Crippen LogP contribution in [0.2, 0.25) is 0 Å². The van der Waals surface area contributed by atoms with Crippen molar-refractivity contribution in [1.82, 2.24) is 0 Å². The molecule has 0 saturated carbocycles. The second-order valence-electron chi connectivity index (χ2n) is 5.96. The highest BCUT2D eigenvalue weighted by Gasteiger charge is 2.12. The number of aliphatic imine (C=N–C) groups is 1. The first kappa shape index (κ1) is 18.0. The van der Waals surface area contributed by atoms with Crippen LogP contribution in [0.4, 0.5) is 5.88 Å². The minimum Gasteiger partial charge on any atom is -0.489 e. The van der Waals surface area contributed by atoms with Gasteiger partial charge in [0.25, 0.3) is 0 Å². The SMILES string of the molecule is Cc1oc(/N=C/c2ccc(OCc3ccccc3C#N)cc2)c(C#N)c1C. The zero-order chi connectivity index (χ0) is 19.2. The van der Waals surface area contributed by atoms with Crippen molar-refractivity contribution in [3.8, 4) is 17.9 Å². The molecule has 2 aromatic carbocycles. The monoisotopic (exact) mass is 355 g/mol. The summed E-state index contributed by atoms with van der Waals surface area (Å²) in [4.78, 5) is 4.28. The Kier molecular flexibility index (Phi) is 5.35. The Bertz CT molecular complexity index is 1060. The van der Waals surface area contributed by atoms with Gasteiger partial charge >= 0.3 is 0 Å². The lowest BCUT2D eigenvalue weighted by atomic mass is 10.1. The highest BCUT2D eigenvalue weighted by Crippen LogP contribution is 2.27. The summed E-state index contributed by atoms with van der Waals surface area (Å²) in [5.74, 6) is 1.71. The zero-order valence-electron chi connectivity index (χ0n) is 15.1. The lowest BCUT2D eigenvalue weighted by Crippen LogP contribution is -1.98. The molecular formula is C22H17N3O2. The molecule has 0 spiro atoms. The number of nitrogens with zero attached hydrogens (tertiary/aromatic N) is 3. The number of furan rings is 1. The lowest BCUT2D eigenvalue weighted by molar-refractivity contribution is 0.306. The quantitative estimate of drug-likeness (QED) is 0.605. The van der Waals surface area contributed by atoms with E-state index in [4.69, 9.17) is 14.4 Å². The first-order chi connectivity index (χ1) is 13.1. The van der Waals surface area contributed by atoms with E-state index < -0.39 is 0 Å². The molecule has 0 bridgehead atoms. The molecule has 0 atom stereocenters. The molecule has 0 saturated heterocycles. The second kappa shape index (κ2) is 8.03. The Morgan fingerprint density at radius 3 is 2.48 bits per heavy atom. The molecule has 0 N–H and O–H groups in total. The van der Waals surface area contributed by atoms with E-state index in [2.05, 4.69) is 17.1 Å². The molecule has 27 heavy (non-hydrogen) atoms. The van der Waals surface area contributed by atoms with Gasteiger partial charge in [-0.15, -0.1) is 0 Å². The maximum absolute atomic E-state index is 9.22. The highest BCUT2D eigenvalue weighted by atomic mass is 16.5. The summed E-state index contributed by atoms with van der Waals surface area (Å²) in [5, 5.41) is 18.3. The maximum atomic E-state index is 9.22. The highest BCUT2D eigenvalue weighted by molar-refractivity contribution is 5.82. The Hall–Kier alpha value is -3.83. The molecule has 132 valence electrons. The lowest BCUT2D eigenvalue weighted by Gasteiger charge is -2.07. The molecular weight excluding hydrogens is 338 g/mol. The van der Waals surface area contributed by atoms with Gasteiger partial charge < -0.3 is 9.15 Å². The van der Waals surface area contributed by atoms with Gasteiger partial charge in [-0.2, -0.15) is 10.5 Å². The largest absolute Gasteiger partial charge is 0.489 e. The van der Waals surface area contributed by atoms with Crippen LogP contribution in [-0.2, 0) is 6.61 Å². The minimum absolute atomic E-state index is 0.320. The van der Waals surface area contributed by atoms with Crippen molar-refractivity contribution in [2.24, 2.45) is 4.99 Å². The van der Waals surface area contributed by atoms with Gasteiger partial charge in [-0.3, -0.25) is 0 Å². The molecule has 5 heteroatoms. The van der Waals surface area contributed by atoms with Gasteiger partial charge in [0.15, 0.2) is 0 Å². The number of aryl methyl sites for hydroxylation is 1. The molecule has 1 aromatic heterocycles. The fourth-order valence-electron chi connectivity index (χ4n) is 2.53. The second-order valence-corrected chi connectivity index (χ2v) is 5.96. The van der Waals surface area contributed by atoms with E-state index in [0.717, 1.165) is 16.7 Å². The number of benzene rings is 2. The van der Waals surface area contributed by atoms with Crippen LogP contribution in [0.3, 0.4) is 0 Å². The van der Waals surface area contributed by atoms with Crippen LogP contribution in [0.15, 0.2) is 57.9 Å². The molecule has 0 fully saturated rings. The molecule has 0 aliphatic carbocycles. The van der Waals surface area contributed by atoms with E-state index in [1.54, 1.807) is 12.3 Å². The molecule has 0 unspecified atom stereocenters. The van der Waals surface area contributed by atoms with Gasteiger partial charge in [-0.05, 0) is 49.7 Å². The number of hydrogen-bond acceptors (Lipinski definition) is 5. The normalized spacial score (nSPS) is 10.5. The van der Waals surface area contributed by atoms with E-state index in [-0.39, 0.29) is 0 Å². The summed E-state index contributed by atoms with van der Waals surface area (Å²) in [5.41, 5.74) is 3.58. The van der Waals surface area contributed by atoms with Crippen molar-refractivity contribution in [2.45, 2.75) is 20.5 Å². The predicted octanol–water partition coefficient (Wildman–Crippen LogP) is 4.97. The van der Waals surface area contributed by atoms with Gasteiger partial charge in [0, 0.05) is 17.3 Å². The van der Waals surface area contributed by atoms with Crippen molar-refractivity contribution in [3.63, 3.8) is 0 Å². The van der Waals surface area contributed by atoms with Gasteiger partial charge in [-0.1, -0.05) is 18.2 Å². The predicted molar refractivity (Wildman–Crippen MR) is 102 cm³/mol. The van der Waals surface area contributed by atoms with Gasteiger partial charge in [0.2, 0.25) is 5.88 Å². The summed E-state index contributed by atoms with van der Waals surface area (Å²) in [6.45, 7) is 3.98. The third-order valence-corrected chi connectivity index (χ3v) is 4.22. The summed E-state index contributed by atoms with van der Waals surface area (Å²) in [6, 6.07) is 19.0. The van der Waals surface area contributed by atoms with Gasteiger partial charge in [0.05, 0.1) is 11.6 Å². The van der Waals surface area contributed by atoms with Gasteiger partial charge in [0.1, 0.15) is 29.7 Å². The van der Waals surface area contributed by atoms with Crippen LogP contribution < -0.4 is 4.74 Å².